The van der Waals surface area contributed by atoms with Crippen LogP contribution in [0.1, 0.15) is 50.6 Å². The van der Waals surface area contributed by atoms with E-state index >= 15 is 0 Å². The minimum atomic E-state index is -0.471. The number of halogens is 1. The second kappa shape index (κ2) is 12.4. The Morgan fingerprint density at radius 2 is 1.86 bits per heavy atom. The van der Waals surface area contributed by atoms with Crippen molar-refractivity contribution in [2.45, 2.75) is 46.8 Å². The SMILES string of the molecule is COCc1nn(C)c(C)c1-c1cccc2c(CCCOc3cc(C)c(Cl)c(C)c3)c(C(N)=O)n(Cc3cccnc3)c12. The van der Waals surface area contributed by atoms with Crippen molar-refractivity contribution in [2.75, 3.05) is 13.7 Å². The van der Waals surface area contributed by atoms with Crippen molar-refractivity contribution in [1.29, 1.82) is 0 Å². The first-order valence-corrected chi connectivity index (χ1v) is 14.3. The first kappa shape index (κ1) is 29.4. The number of rotatable bonds is 11. The molecule has 0 aliphatic carbocycles. The van der Waals surface area contributed by atoms with E-state index < -0.39 is 5.91 Å². The fraction of sp³-hybridized carbons (Fsp3) is 0.303. The number of nitrogens with zero attached hydrogens (tertiary/aromatic N) is 4. The zero-order valence-corrected chi connectivity index (χ0v) is 25.5. The summed E-state index contributed by atoms with van der Waals surface area (Å²) in [5.74, 6) is 0.310. The highest BCUT2D eigenvalue weighted by atomic mass is 35.5. The molecular formula is C33H36ClN5O3. The number of pyridine rings is 1. The maximum atomic E-state index is 13.2. The van der Waals surface area contributed by atoms with Crippen molar-refractivity contribution < 1.29 is 14.3 Å². The van der Waals surface area contributed by atoms with E-state index in [1.807, 2.05) is 73.6 Å². The summed E-state index contributed by atoms with van der Waals surface area (Å²) >= 11 is 6.33. The Bertz CT molecular complexity index is 1730. The number of aryl methyl sites for hydroxylation is 4. The lowest BCUT2D eigenvalue weighted by Gasteiger charge is -2.13. The van der Waals surface area contributed by atoms with Gasteiger partial charge in [-0.3, -0.25) is 14.5 Å². The van der Waals surface area contributed by atoms with Crippen molar-refractivity contribution in [3.05, 3.63) is 99.2 Å². The predicted octanol–water partition coefficient (Wildman–Crippen LogP) is 6.32. The number of ether oxygens (including phenoxy) is 2. The minimum absolute atomic E-state index is 0.368. The maximum absolute atomic E-state index is 13.2. The topological polar surface area (TPSA) is 97.2 Å². The Labute approximate surface area is 251 Å². The van der Waals surface area contributed by atoms with Gasteiger partial charge >= 0.3 is 0 Å². The largest absolute Gasteiger partial charge is 0.494 e. The average molecular weight is 586 g/mol. The molecule has 0 saturated heterocycles. The number of carbonyl (C=O) groups is 1. The van der Waals surface area contributed by atoms with Crippen LogP contribution in [0, 0.1) is 20.8 Å². The lowest BCUT2D eigenvalue weighted by molar-refractivity contribution is 0.0991. The van der Waals surface area contributed by atoms with E-state index in [0.717, 1.165) is 66.4 Å². The highest BCUT2D eigenvalue weighted by molar-refractivity contribution is 6.32. The fourth-order valence-corrected chi connectivity index (χ4v) is 5.85. The molecule has 0 bridgehead atoms. The van der Waals surface area contributed by atoms with E-state index in [1.54, 1.807) is 13.3 Å². The fourth-order valence-electron chi connectivity index (χ4n) is 5.74. The Balaban J connectivity index is 1.61. The number of para-hydroxylation sites is 1. The highest BCUT2D eigenvalue weighted by Crippen LogP contribution is 2.38. The first-order chi connectivity index (χ1) is 20.2. The molecule has 218 valence electrons. The summed E-state index contributed by atoms with van der Waals surface area (Å²) in [7, 11) is 3.59. The van der Waals surface area contributed by atoms with Crippen molar-refractivity contribution in [3.63, 3.8) is 0 Å². The van der Waals surface area contributed by atoms with Gasteiger partial charge < -0.3 is 19.8 Å². The summed E-state index contributed by atoms with van der Waals surface area (Å²) in [5.41, 5.74) is 15.2. The molecule has 0 unspecified atom stereocenters. The predicted molar refractivity (Wildman–Crippen MR) is 166 cm³/mol. The third kappa shape index (κ3) is 5.65. The minimum Gasteiger partial charge on any atom is -0.494 e. The number of benzene rings is 2. The molecule has 0 fully saturated rings. The summed E-state index contributed by atoms with van der Waals surface area (Å²) < 4.78 is 15.5. The third-order valence-corrected chi connectivity index (χ3v) is 8.29. The molecule has 0 spiro atoms. The number of nitrogens with two attached hydrogens (primary N) is 1. The summed E-state index contributed by atoms with van der Waals surface area (Å²) in [4.78, 5) is 17.5. The second-order valence-corrected chi connectivity index (χ2v) is 11.0. The molecule has 2 aromatic carbocycles. The Hall–Kier alpha value is -4.14. The van der Waals surface area contributed by atoms with Crippen LogP contribution in [-0.2, 0) is 31.4 Å². The summed E-state index contributed by atoms with van der Waals surface area (Å²) in [6.45, 7) is 7.28. The smallest absolute Gasteiger partial charge is 0.265 e. The van der Waals surface area contributed by atoms with E-state index in [-0.39, 0.29) is 0 Å². The van der Waals surface area contributed by atoms with Crippen molar-refractivity contribution >= 4 is 28.4 Å². The van der Waals surface area contributed by atoms with Crippen LogP contribution in [-0.4, -0.2) is 39.0 Å². The molecule has 8 nitrogen and oxygen atoms in total. The zero-order valence-electron chi connectivity index (χ0n) is 24.7. The number of carbonyl (C=O) groups excluding carboxylic acids is 1. The van der Waals surface area contributed by atoms with Crippen LogP contribution in [0.4, 0.5) is 0 Å². The zero-order chi connectivity index (χ0) is 30.0. The molecule has 5 aromatic rings. The van der Waals surface area contributed by atoms with Crippen LogP contribution in [0.5, 0.6) is 5.75 Å². The number of fused-ring (bicyclic) bond motifs is 1. The van der Waals surface area contributed by atoms with Crippen LogP contribution in [0.15, 0.2) is 54.9 Å². The van der Waals surface area contributed by atoms with Crippen LogP contribution in [0.2, 0.25) is 5.02 Å². The van der Waals surface area contributed by atoms with Gasteiger partial charge in [0.1, 0.15) is 11.4 Å². The van der Waals surface area contributed by atoms with E-state index in [1.165, 1.54) is 0 Å². The molecule has 0 radical (unpaired) electrons. The summed E-state index contributed by atoms with van der Waals surface area (Å²) in [6.07, 6.45) is 4.86. The highest BCUT2D eigenvalue weighted by Gasteiger charge is 2.26. The van der Waals surface area contributed by atoms with Gasteiger partial charge in [0.2, 0.25) is 0 Å². The second-order valence-electron chi connectivity index (χ2n) is 10.6. The molecule has 0 aliphatic rings. The van der Waals surface area contributed by atoms with Gasteiger partial charge in [-0.25, -0.2) is 0 Å². The van der Waals surface area contributed by atoms with Gasteiger partial charge in [-0.2, -0.15) is 5.10 Å². The molecule has 42 heavy (non-hydrogen) atoms. The summed E-state index contributed by atoms with van der Waals surface area (Å²) in [6, 6.07) is 14.0. The van der Waals surface area contributed by atoms with Gasteiger partial charge in [-0.05, 0) is 74.1 Å². The quantitative estimate of drug-likeness (QED) is 0.183. The van der Waals surface area contributed by atoms with E-state index in [4.69, 9.17) is 31.9 Å². The van der Waals surface area contributed by atoms with E-state index in [9.17, 15) is 4.79 Å². The Morgan fingerprint density at radius 1 is 1.10 bits per heavy atom. The van der Waals surface area contributed by atoms with Gasteiger partial charge in [-0.15, -0.1) is 0 Å². The maximum Gasteiger partial charge on any atom is 0.265 e. The van der Waals surface area contributed by atoms with Crippen LogP contribution >= 0.6 is 11.6 Å². The molecule has 2 N–H and O–H groups in total. The van der Waals surface area contributed by atoms with Gasteiger partial charge in [0, 0.05) is 60.3 Å². The third-order valence-electron chi connectivity index (χ3n) is 7.69. The number of methoxy groups -OCH3 is 1. The van der Waals surface area contributed by atoms with Gasteiger partial charge in [0.25, 0.3) is 5.91 Å². The normalized spacial score (nSPS) is 11.4. The Morgan fingerprint density at radius 3 is 2.52 bits per heavy atom. The van der Waals surface area contributed by atoms with E-state index in [2.05, 4.69) is 17.1 Å². The van der Waals surface area contributed by atoms with Crippen molar-refractivity contribution in [1.82, 2.24) is 19.3 Å². The number of amides is 1. The lowest BCUT2D eigenvalue weighted by atomic mass is 9.98. The van der Waals surface area contributed by atoms with Crippen molar-refractivity contribution in [3.8, 4) is 16.9 Å². The number of hydrogen-bond donors (Lipinski definition) is 1. The molecule has 0 atom stereocenters. The van der Waals surface area contributed by atoms with Gasteiger partial charge in [0.15, 0.2) is 0 Å². The average Bonchev–Trinajstić information content (AvgIpc) is 3.43. The molecule has 0 aliphatic heterocycles. The van der Waals surface area contributed by atoms with Gasteiger partial charge in [0.05, 0.1) is 24.4 Å². The van der Waals surface area contributed by atoms with Crippen LogP contribution in [0.3, 0.4) is 0 Å². The standard InChI is InChI=1S/C33H36ClN5O3/c1-20-15-24(16-21(2)30(20)34)42-14-8-12-26-25-10-6-11-27(29-22(3)38(4)37-28(29)19-41-5)31(25)39(32(26)33(35)40)18-23-9-7-13-36-17-23/h6-7,9-11,13,15-17H,8,12,14,18-19H2,1-5H3,(H2,35,40). The monoisotopic (exact) mass is 585 g/mol. The number of aromatic nitrogens is 4. The molecular weight excluding hydrogens is 550 g/mol. The van der Waals surface area contributed by atoms with Gasteiger partial charge in [-0.1, -0.05) is 35.9 Å². The first-order valence-electron chi connectivity index (χ1n) is 13.9. The molecule has 3 aromatic heterocycles. The van der Waals surface area contributed by atoms with E-state index in [0.29, 0.717) is 38.3 Å². The van der Waals surface area contributed by atoms with Crippen LogP contribution < -0.4 is 10.5 Å². The molecule has 9 heteroatoms. The molecule has 5 rings (SSSR count). The number of primary amides is 1. The Kier molecular flexibility index (Phi) is 8.66. The molecule has 3 heterocycles. The lowest BCUT2D eigenvalue weighted by Crippen LogP contribution is -2.19. The molecule has 0 saturated carbocycles. The summed E-state index contributed by atoms with van der Waals surface area (Å²) in [5, 5.41) is 6.46. The number of hydrogen-bond acceptors (Lipinski definition) is 5. The van der Waals surface area contributed by atoms with Crippen LogP contribution in [0.25, 0.3) is 22.0 Å². The van der Waals surface area contributed by atoms with Crippen molar-refractivity contribution in [2.24, 2.45) is 12.8 Å². The molecule has 1 amide bonds.